The molecule has 2 aromatic rings. The van der Waals surface area contributed by atoms with Gasteiger partial charge in [-0.25, -0.2) is 0 Å². The van der Waals surface area contributed by atoms with Crippen LogP contribution in [0.15, 0.2) is 53.4 Å². The van der Waals surface area contributed by atoms with Crippen LogP contribution in [-0.2, 0) is 0 Å². The lowest BCUT2D eigenvalue weighted by Crippen LogP contribution is -1.98. The van der Waals surface area contributed by atoms with Gasteiger partial charge in [0.2, 0.25) is 5.12 Å². The smallest absolute Gasteiger partial charge is 0.224 e. The Hall–Kier alpha value is -1.94. The van der Waals surface area contributed by atoms with Crippen LogP contribution in [0.3, 0.4) is 0 Å². The van der Waals surface area contributed by atoms with Gasteiger partial charge < -0.3 is 9.47 Å². The minimum atomic E-state index is 0.0309. The lowest BCUT2D eigenvalue weighted by molar-refractivity contribution is 0.108. The van der Waals surface area contributed by atoms with Crippen molar-refractivity contribution in [2.24, 2.45) is 0 Å². The minimum absolute atomic E-state index is 0.0309. The van der Waals surface area contributed by atoms with Crippen LogP contribution in [0, 0.1) is 0 Å². The highest BCUT2D eigenvalue weighted by atomic mass is 32.2. The summed E-state index contributed by atoms with van der Waals surface area (Å²) in [6.45, 7) is 5.80. The van der Waals surface area contributed by atoms with E-state index in [0.29, 0.717) is 12.2 Å². The van der Waals surface area contributed by atoms with Crippen molar-refractivity contribution in [1.29, 1.82) is 0 Å². The summed E-state index contributed by atoms with van der Waals surface area (Å²) < 4.78 is 11.4. The number of rotatable bonds is 12. The van der Waals surface area contributed by atoms with Crippen LogP contribution in [0.5, 0.6) is 11.5 Å². The third-order valence-electron chi connectivity index (χ3n) is 4.16. The highest BCUT2D eigenvalue weighted by molar-refractivity contribution is 8.14. The molecule has 2 rings (SSSR count). The second-order valence-corrected chi connectivity index (χ2v) is 7.54. The Bertz CT molecular complexity index is 665. The van der Waals surface area contributed by atoms with Crippen LogP contribution in [0.4, 0.5) is 0 Å². The number of hydrogen-bond donors (Lipinski definition) is 0. The van der Waals surface area contributed by atoms with E-state index in [4.69, 9.17) is 9.47 Å². The Morgan fingerprint density at radius 3 is 1.89 bits per heavy atom. The van der Waals surface area contributed by atoms with Crippen molar-refractivity contribution in [3.8, 4) is 11.5 Å². The Morgan fingerprint density at radius 2 is 1.30 bits per heavy atom. The summed E-state index contributed by atoms with van der Waals surface area (Å²) in [6.07, 6.45) is 6.93. The molecule has 0 heterocycles. The van der Waals surface area contributed by atoms with Gasteiger partial charge in [-0.2, -0.15) is 0 Å². The Morgan fingerprint density at radius 1 is 0.741 bits per heavy atom. The van der Waals surface area contributed by atoms with E-state index in [9.17, 15) is 4.79 Å². The highest BCUT2D eigenvalue weighted by Gasteiger charge is 2.09. The predicted octanol–water partition coefficient (Wildman–Crippen LogP) is 6.76. The lowest BCUT2D eigenvalue weighted by Gasteiger charge is -2.08. The normalized spacial score (nSPS) is 10.6. The number of unbranched alkanes of at least 4 members (excludes halogenated alkanes) is 4. The maximum atomic E-state index is 12.4. The molecule has 0 N–H and O–H groups in total. The van der Waals surface area contributed by atoms with Gasteiger partial charge in [-0.1, -0.05) is 39.5 Å². The summed E-state index contributed by atoms with van der Waals surface area (Å²) >= 11 is 1.23. The SMILES string of the molecule is CCCCCCOc1ccc(SC(=O)c2ccc(OCCCC)cc2)cc1. The lowest BCUT2D eigenvalue weighted by atomic mass is 10.2. The Labute approximate surface area is 167 Å². The van der Waals surface area contributed by atoms with Gasteiger partial charge in [-0.15, -0.1) is 0 Å². The number of ether oxygens (including phenoxy) is 2. The average molecular weight is 387 g/mol. The van der Waals surface area contributed by atoms with Gasteiger partial charge in [-0.3, -0.25) is 4.79 Å². The monoisotopic (exact) mass is 386 g/mol. The zero-order valence-corrected chi connectivity index (χ0v) is 17.2. The standard InChI is InChI=1S/C23H30O3S/c1-3-5-7-8-18-26-21-13-15-22(16-14-21)27-23(24)19-9-11-20(12-10-19)25-17-6-4-2/h9-16H,3-8,17-18H2,1-2H3. The molecule has 0 saturated carbocycles. The van der Waals surface area contributed by atoms with Crippen LogP contribution in [0.25, 0.3) is 0 Å². The topological polar surface area (TPSA) is 35.5 Å². The molecule has 0 amide bonds. The largest absolute Gasteiger partial charge is 0.494 e. The second kappa shape index (κ2) is 12.4. The van der Waals surface area contributed by atoms with Crippen molar-refractivity contribution < 1.29 is 14.3 Å². The number of thioether (sulfide) groups is 1. The molecule has 0 fully saturated rings. The molecule has 4 heteroatoms. The first-order valence-corrected chi connectivity index (χ1v) is 10.7. The molecule has 27 heavy (non-hydrogen) atoms. The molecule has 0 atom stereocenters. The Kier molecular flexibility index (Phi) is 9.85. The zero-order valence-electron chi connectivity index (χ0n) is 16.4. The number of carbonyl (C=O) groups excluding carboxylic acids is 1. The van der Waals surface area contributed by atoms with Gasteiger partial charge in [0.1, 0.15) is 11.5 Å². The molecular weight excluding hydrogens is 356 g/mol. The van der Waals surface area contributed by atoms with Gasteiger partial charge in [0.25, 0.3) is 0 Å². The summed E-state index contributed by atoms with van der Waals surface area (Å²) in [5.41, 5.74) is 0.680. The maximum Gasteiger partial charge on any atom is 0.224 e. The third kappa shape index (κ3) is 8.08. The minimum Gasteiger partial charge on any atom is -0.494 e. The average Bonchev–Trinajstić information content (AvgIpc) is 2.70. The van der Waals surface area contributed by atoms with Gasteiger partial charge in [0.05, 0.1) is 13.2 Å². The summed E-state index contributed by atoms with van der Waals surface area (Å²) in [5.74, 6) is 1.67. The van der Waals surface area contributed by atoms with Gasteiger partial charge >= 0.3 is 0 Å². The predicted molar refractivity (Wildman–Crippen MR) is 113 cm³/mol. The second-order valence-electron chi connectivity index (χ2n) is 6.50. The molecule has 0 aliphatic carbocycles. The van der Waals surface area contributed by atoms with E-state index in [1.54, 1.807) is 0 Å². The van der Waals surface area contributed by atoms with Crippen LogP contribution in [0.2, 0.25) is 0 Å². The van der Waals surface area contributed by atoms with E-state index >= 15 is 0 Å². The first-order chi connectivity index (χ1) is 13.2. The summed E-state index contributed by atoms with van der Waals surface area (Å²) in [7, 11) is 0. The molecular formula is C23H30O3S. The molecule has 146 valence electrons. The molecule has 0 aromatic heterocycles. The molecule has 3 nitrogen and oxygen atoms in total. The van der Waals surface area contributed by atoms with E-state index in [2.05, 4.69) is 13.8 Å². The van der Waals surface area contributed by atoms with E-state index in [1.165, 1.54) is 31.0 Å². The van der Waals surface area contributed by atoms with Gasteiger partial charge in [0.15, 0.2) is 0 Å². The van der Waals surface area contributed by atoms with Crippen LogP contribution in [-0.4, -0.2) is 18.3 Å². The molecule has 0 unspecified atom stereocenters. The highest BCUT2D eigenvalue weighted by Crippen LogP contribution is 2.26. The van der Waals surface area contributed by atoms with E-state index in [0.717, 1.165) is 42.3 Å². The molecule has 0 bridgehead atoms. The quantitative estimate of drug-likeness (QED) is 0.298. The molecule has 0 spiro atoms. The first-order valence-electron chi connectivity index (χ1n) is 9.90. The van der Waals surface area contributed by atoms with E-state index in [-0.39, 0.29) is 5.12 Å². The van der Waals surface area contributed by atoms with E-state index < -0.39 is 0 Å². The molecule has 0 saturated heterocycles. The van der Waals surface area contributed by atoms with Crippen LogP contribution in [0.1, 0.15) is 62.7 Å². The number of carbonyl (C=O) groups is 1. The zero-order chi connectivity index (χ0) is 19.3. The fourth-order valence-corrected chi connectivity index (χ4v) is 3.25. The van der Waals surface area contributed by atoms with Crippen LogP contribution < -0.4 is 9.47 Å². The summed E-state index contributed by atoms with van der Waals surface area (Å²) in [6, 6.07) is 15.1. The van der Waals surface area contributed by atoms with Crippen LogP contribution >= 0.6 is 11.8 Å². The third-order valence-corrected chi connectivity index (χ3v) is 5.09. The van der Waals surface area contributed by atoms with Gasteiger partial charge in [0, 0.05) is 10.5 Å². The van der Waals surface area contributed by atoms with Gasteiger partial charge in [-0.05, 0) is 73.1 Å². The molecule has 0 aliphatic heterocycles. The fourth-order valence-electron chi connectivity index (χ4n) is 2.51. The van der Waals surface area contributed by atoms with Crippen molar-refractivity contribution in [3.05, 3.63) is 54.1 Å². The number of hydrogen-bond acceptors (Lipinski definition) is 4. The maximum absolute atomic E-state index is 12.4. The number of benzene rings is 2. The first kappa shape index (κ1) is 21.4. The molecule has 0 aliphatic rings. The summed E-state index contributed by atoms with van der Waals surface area (Å²) in [5, 5.41) is 0.0309. The van der Waals surface area contributed by atoms with Crippen molar-refractivity contribution in [1.82, 2.24) is 0 Å². The Balaban J connectivity index is 1.79. The van der Waals surface area contributed by atoms with E-state index in [1.807, 2.05) is 48.5 Å². The summed E-state index contributed by atoms with van der Waals surface area (Å²) in [4.78, 5) is 13.4. The van der Waals surface area contributed by atoms with Crippen molar-refractivity contribution in [2.45, 2.75) is 57.3 Å². The van der Waals surface area contributed by atoms with Crippen molar-refractivity contribution >= 4 is 16.9 Å². The van der Waals surface area contributed by atoms with Crippen molar-refractivity contribution in [2.75, 3.05) is 13.2 Å². The molecule has 0 radical (unpaired) electrons. The molecule has 2 aromatic carbocycles. The van der Waals surface area contributed by atoms with Crippen molar-refractivity contribution in [3.63, 3.8) is 0 Å². The fraction of sp³-hybridized carbons (Fsp3) is 0.435.